The van der Waals surface area contributed by atoms with E-state index in [1.807, 2.05) is 19.1 Å². The molecule has 0 heterocycles. The smallest absolute Gasteiger partial charge is 0.191 e. The standard InChI is InChI=1S/C21H33N3O3/c1-4-22-20(23-14-15-8-9-16(25)17(12-15)26-5-2)24-18-13-19(27-6-3)21(18)10-7-11-21/h8-9,12,18-19,25H,4-7,10-11,13-14H2,1-3H3,(H2,22,23,24). The Bertz CT molecular complexity index is 658. The van der Waals surface area contributed by atoms with E-state index in [0.29, 0.717) is 36.5 Å². The highest BCUT2D eigenvalue weighted by molar-refractivity contribution is 5.80. The van der Waals surface area contributed by atoms with E-state index in [-0.39, 0.29) is 5.75 Å². The van der Waals surface area contributed by atoms with Crippen LogP contribution in [0.3, 0.4) is 0 Å². The van der Waals surface area contributed by atoms with Gasteiger partial charge in [0.05, 0.1) is 19.3 Å². The summed E-state index contributed by atoms with van der Waals surface area (Å²) in [4.78, 5) is 4.75. The summed E-state index contributed by atoms with van der Waals surface area (Å²) in [5, 5.41) is 16.8. The molecule has 6 nitrogen and oxygen atoms in total. The number of rotatable bonds is 8. The summed E-state index contributed by atoms with van der Waals surface area (Å²) in [6, 6.07) is 5.83. The number of benzene rings is 1. The number of hydrogen-bond donors (Lipinski definition) is 3. The summed E-state index contributed by atoms with van der Waals surface area (Å²) in [7, 11) is 0. The first-order chi connectivity index (χ1) is 13.1. The zero-order chi connectivity index (χ0) is 19.3. The van der Waals surface area contributed by atoms with Crippen LogP contribution in [0.4, 0.5) is 0 Å². The van der Waals surface area contributed by atoms with Crippen LogP contribution in [0.5, 0.6) is 11.5 Å². The van der Waals surface area contributed by atoms with E-state index in [1.54, 1.807) is 6.07 Å². The van der Waals surface area contributed by atoms with E-state index < -0.39 is 0 Å². The van der Waals surface area contributed by atoms with Crippen LogP contribution in [0, 0.1) is 5.41 Å². The van der Waals surface area contributed by atoms with Crippen molar-refractivity contribution >= 4 is 5.96 Å². The zero-order valence-corrected chi connectivity index (χ0v) is 16.8. The zero-order valence-electron chi connectivity index (χ0n) is 16.8. The van der Waals surface area contributed by atoms with Crippen LogP contribution in [-0.2, 0) is 11.3 Å². The first-order valence-corrected chi connectivity index (χ1v) is 10.2. The minimum Gasteiger partial charge on any atom is -0.504 e. The van der Waals surface area contributed by atoms with Crippen LogP contribution in [0.15, 0.2) is 23.2 Å². The summed E-state index contributed by atoms with van der Waals surface area (Å²) in [5.74, 6) is 1.52. The quantitative estimate of drug-likeness (QED) is 0.481. The molecule has 0 amide bonds. The van der Waals surface area contributed by atoms with Gasteiger partial charge in [-0.05, 0) is 57.7 Å². The topological polar surface area (TPSA) is 75.1 Å². The predicted octanol–water partition coefficient (Wildman–Crippen LogP) is 3.19. The monoisotopic (exact) mass is 375 g/mol. The van der Waals surface area contributed by atoms with Crippen molar-refractivity contribution in [2.24, 2.45) is 10.4 Å². The van der Waals surface area contributed by atoms with Crippen LogP contribution < -0.4 is 15.4 Å². The molecule has 2 aliphatic rings. The maximum Gasteiger partial charge on any atom is 0.191 e. The van der Waals surface area contributed by atoms with E-state index in [4.69, 9.17) is 14.5 Å². The van der Waals surface area contributed by atoms with Crippen LogP contribution in [0.25, 0.3) is 0 Å². The molecule has 2 unspecified atom stereocenters. The Hall–Kier alpha value is -1.95. The Morgan fingerprint density at radius 1 is 1.26 bits per heavy atom. The van der Waals surface area contributed by atoms with Crippen LogP contribution in [-0.4, -0.2) is 43.0 Å². The molecule has 150 valence electrons. The third-order valence-electron chi connectivity index (χ3n) is 5.84. The normalized spacial score (nSPS) is 23.4. The molecule has 2 saturated carbocycles. The van der Waals surface area contributed by atoms with Crippen molar-refractivity contribution in [3.05, 3.63) is 23.8 Å². The van der Waals surface area contributed by atoms with E-state index >= 15 is 0 Å². The fourth-order valence-electron chi connectivity index (χ4n) is 4.22. The van der Waals surface area contributed by atoms with Gasteiger partial charge in [-0.3, -0.25) is 0 Å². The number of nitrogens with one attached hydrogen (secondary N) is 2. The molecule has 1 aromatic carbocycles. The lowest BCUT2D eigenvalue weighted by molar-refractivity contribution is -0.168. The highest BCUT2D eigenvalue weighted by Gasteiger charge is 2.59. The van der Waals surface area contributed by atoms with Crippen LogP contribution in [0.2, 0.25) is 0 Å². The van der Waals surface area contributed by atoms with E-state index in [1.165, 1.54) is 19.3 Å². The number of aliphatic imine (C=N–C) groups is 1. The summed E-state index contributed by atoms with van der Waals surface area (Å²) >= 11 is 0. The fourth-order valence-corrected chi connectivity index (χ4v) is 4.22. The Kier molecular flexibility index (Phi) is 6.47. The second-order valence-electron chi connectivity index (χ2n) is 7.39. The van der Waals surface area contributed by atoms with Gasteiger partial charge in [0, 0.05) is 24.6 Å². The maximum absolute atomic E-state index is 9.85. The molecule has 6 heteroatoms. The lowest BCUT2D eigenvalue weighted by atomic mass is 9.51. The minimum absolute atomic E-state index is 0.165. The number of nitrogens with zero attached hydrogens (tertiary/aromatic N) is 1. The molecule has 2 fully saturated rings. The van der Waals surface area contributed by atoms with E-state index in [0.717, 1.165) is 31.1 Å². The first-order valence-electron chi connectivity index (χ1n) is 10.2. The Morgan fingerprint density at radius 3 is 2.70 bits per heavy atom. The van der Waals surface area contributed by atoms with Gasteiger partial charge >= 0.3 is 0 Å². The Labute approximate surface area is 162 Å². The van der Waals surface area contributed by atoms with Gasteiger partial charge in [-0.1, -0.05) is 12.5 Å². The highest BCUT2D eigenvalue weighted by Crippen LogP contribution is 2.57. The molecule has 0 radical (unpaired) electrons. The van der Waals surface area contributed by atoms with Gasteiger partial charge in [0.2, 0.25) is 0 Å². The molecule has 1 aromatic rings. The molecule has 0 aromatic heterocycles. The van der Waals surface area contributed by atoms with Crippen molar-refractivity contribution in [2.45, 2.75) is 65.1 Å². The minimum atomic E-state index is 0.165. The van der Waals surface area contributed by atoms with Crippen molar-refractivity contribution in [1.82, 2.24) is 10.6 Å². The second-order valence-corrected chi connectivity index (χ2v) is 7.39. The molecule has 2 atom stereocenters. The van der Waals surface area contributed by atoms with E-state index in [2.05, 4.69) is 24.5 Å². The van der Waals surface area contributed by atoms with Crippen molar-refractivity contribution in [3.63, 3.8) is 0 Å². The van der Waals surface area contributed by atoms with Crippen molar-refractivity contribution < 1.29 is 14.6 Å². The lowest BCUT2D eigenvalue weighted by Crippen LogP contribution is -2.68. The van der Waals surface area contributed by atoms with Gasteiger partial charge in [-0.25, -0.2) is 4.99 Å². The first kappa shape index (κ1) is 19.8. The molecule has 0 aliphatic heterocycles. The molecule has 1 spiro atoms. The third kappa shape index (κ3) is 4.15. The van der Waals surface area contributed by atoms with Gasteiger partial charge in [0.15, 0.2) is 17.5 Å². The summed E-state index contributed by atoms with van der Waals surface area (Å²) < 4.78 is 11.4. The SMILES string of the molecule is CCNC(=NCc1ccc(O)c(OCC)c1)NC1CC(OCC)C12CCC2. The predicted molar refractivity (Wildman–Crippen MR) is 107 cm³/mol. The number of guanidine groups is 1. The average molecular weight is 376 g/mol. The molecule has 27 heavy (non-hydrogen) atoms. The van der Waals surface area contributed by atoms with Gasteiger partial charge < -0.3 is 25.2 Å². The van der Waals surface area contributed by atoms with Gasteiger partial charge in [-0.15, -0.1) is 0 Å². The summed E-state index contributed by atoms with van der Waals surface area (Å²) in [6.07, 6.45) is 5.21. The Morgan fingerprint density at radius 2 is 2.07 bits per heavy atom. The number of aromatic hydroxyl groups is 1. The molecule has 3 N–H and O–H groups in total. The number of hydrogen-bond acceptors (Lipinski definition) is 4. The van der Waals surface area contributed by atoms with E-state index in [9.17, 15) is 5.11 Å². The summed E-state index contributed by atoms with van der Waals surface area (Å²) in [6.45, 7) is 8.72. The van der Waals surface area contributed by atoms with Gasteiger partial charge in [0.25, 0.3) is 0 Å². The molecule has 0 bridgehead atoms. The molecular weight excluding hydrogens is 342 g/mol. The van der Waals surface area contributed by atoms with Crippen LogP contribution >= 0.6 is 0 Å². The number of phenols is 1. The largest absolute Gasteiger partial charge is 0.504 e. The molecule has 0 saturated heterocycles. The van der Waals surface area contributed by atoms with Crippen molar-refractivity contribution in [2.75, 3.05) is 19.8 Å². The highest BCUT2D eigenvalue weighted by atomic mass is 16.5. The van der Waals surface area contributed by atoms with Crippen LogP contribution in [0.1, 0.15) is 52.0 Å². The average Bonchev–Trinajstić information content (AvgIpc) is 2.60. The summed E-state index contributed by atoms with van der Waals surface area (Å²) in [5.41, 5.74) is 1.31. The fraction of sp³-hybridized carbons (Fsp3) is 0.667. The second kappa shape index (κ2) is 8.83. The van der Waals surface area contributed by atoms with Crippen molar-refractivity contribution in [1.29, 1.82) is 0 Å². The van der Waals surface area contributed by atoms with Gasteiger partial charge in [0.1, 0.15) is 0 Å². The molecule has 3 rings (SSSR count). The van der Waals surface area contributed by atoms with Crippen molar-refractivity contribution in [3.8, 4) is 11.5 Å². The maximum atomic E-state index is 9.85. The Balaban J connectivity index is 1.64. The molecule has 2 aliphatic carbocycles. The number of ether oxygens (including phenoxy) is 2. The van der Waals surface area contributed by atoms with Gasteiger partial charge in [-0.2, -0.15) is 0 Å². The molecular formula is C21H33N3O3. The lowest BCUT2D eigenvalue weighted by Gasteiger charge is -2.61. The third-order valence-corrected chi connectivity index (χ3v) is 5.84. The number of phenolic OH excluding ortho intramolecular Hbond substituents is 1.